The molecule has 28 heavy (non-hydrogen) atoms. The van der Waals surface area contributed by atoms with E-state index in [9.17, 15) is 4.79 Å². The number of hydrogen-bond acceptors (Lipinski definition) is 4. The van der Waals surface area contributed by atoms with Crippen LogP contribution < -0.4 is 9.64 Å². The zero-order valence-electron chi connectivity index (χ0n) is 16.8. The lowest BCUT2D eigenvalue weighted by Gasteiger charge is -2.42. The van der Waals surface area contributed by atoms with E-state index < -0.39 is 5.60 Å². The van der Waals surface area contributed by atoms with E-state index in [1.54, 1.807) is 6.20 Å². The molecule has 0 saturated heterocycles. The fourth-order valence-electron chi connectivity index (χ4n) is 3.37. The maximum atomic E-state index is 13.3. The van der Waals surface area contributed by atoms with Crippen LogP contribution >= 0.6 is 24.8 Å². The Morgan fingerprint density at radius 3 is 2.32 bits per heavy atom. The van der Waals surface area contributed by atoms with Crippen LogP contribution in [0, 0.1) is 0 Å². The standard InChI is InChI=1S/C21H27N3O2.2ClH/c1-5-23(6-2)15-17(16-11-8-7-9-12-16)24-19-18(13-10-14-22-19)26-21(3,4)20(24)25;;/h7-14,17H,5-6,15H2,1-4H3;2*1H. The summed E-state index contributed by atoms with van der Waals surface area (Å²) in [6.45, 7) is 10.5. The minimum atomic E-state index is -0.924. The van der Waals surface area contributed by atoms with E-state index in [0.29, 0.717) is 11.6 Å². The van der Waals surface area contributed by atoms with Gasteiger partial charge in [0.15, 0.2) is 17.2 Å². The summed E-state index contributed by atoms with van der Waals surface area (Å²) in [5.41, 5.74) is 0.175. The summed E-state index contributed by atoms with van der Waals surface area (Å²) < 4.78 is 5.94. The normalized spacial score (nSPS) is 15.8. The molecular weight excluding hydrogens is 397 g/mol. The first-order valence-electron chi connectivity index (χ1n) is 9.23. The van der Waals surface area contributed by atoms with E-state index >= 15 is 0 Å². The minimum absolute atomic E-state index is 0. The second-order valence-corrected chi connectivity index (χ2v) is 7.03. The van der Waals surface area contributed by atoms with Gasteiger partial charge in [-0.05, 0) is 44.6 Å². The maximum absolute atomic E-state index is 13.3. The Bertz CT molecular complexity index is 767. The number of anilines is 1. The van der Waals surface area contributed by atoms with Gasteiger partial charge in [-0.15, -0.1) is 24.8 Å². The molecule has 5 nitrogen and oxygen atoms in total. The Morgan fingerprint density at radius 1 is 1.07 bits per heavy atom. The van der Waals surface area contributed by atoms with Gasteiger partial charge in [-0.25, -0.2) is 4.98 Å². The Morgan fingerprint density at radius 2 is 1.71 bits per heavy atom. The van der Waals surface area contributed by atoms with E-state index in [1.807, 2.05) is 49.1 Å². The Labute approximate surface area is 179 Å². The predicted molar refractivity (Wildman–Crippen MR) is 118 cm³/mol. The summed E-state index contributed by atoms with van der Waals surface area (Å²) in [6, 6.07) is 13.8. The molecule has 1 unspecified atom stereocenters. The molecule has 0 spiro atoms. The van der Waals surface area contributed by atoms with E-state index in [2.05, 4.69) is 35.9 Å². The van der Waals surface area contributed by atoms with Crippen molar-refractivity contribution in [2.75, 3.05) is 24.5 Å². The molecule has 2 aromatic rings. The fourth-order valence-corrected chi connectivity index (χ4v) is 3.37. The van der Waals surface area contributed by atoms with Crippen molar-refractivity contribution in [3.8, 4) is 5.75 Å². The third kappa shape index (κ3) is 4.77. The van der Waals surface area contributed by atoms with Crippen molar-refractivity contribution in [1.29, 1.82) is 0 Å². The zero-order valence-corrected chi connectivity index (χ0v) is 18.4. The van der Waals surface area contributed by atoms with Gasteiger partial charge >= 0.3 is 0 Å². The van der Waals surface area contributed by atoms with Gasteiger partial charge in [-0.3, -0.25) is 9.69 Å². The fraction of sp³-hybridized carbons (Fsp3) is 0.429. The van der Waals surface area contributed by atoms with Gasteiger partial charge in [0.25, 0.3) is 5.91 Å². The second kappa shape index (κ2) is 10.1. The molecule has 0 saturated carbocycles. The molecule has 1 aromatic heterocycles. The number of benzene rings is 1. The van der Waals surface area contributed by atoms with Gasteiger partial charge in [0.05, 0.1) is 6.04 Å². The zero-order chi connectivity index (χ0) is 18.7. The number of carbonyl (C=O) groups excluding carboxylic acids is 1. The Hall–Kier alpha value is -1.82. The lowest BCUT2D eigenvalue weighted by atomic mass is 9.98. The number of amides is 1. The van der Waals surface area contributed by atoms with E-state index in [0.717, 1.165) is 25.2 Å². The summed E-state index contributed by atoms with van der Waals surface area (Å²) in [5.74, 6) is 1.18. The van der Waals surface area contributed by atoms with Crippen LogP contribution in [0.15, 0.2) is 48.7 Å². The summed E-state index contributed by atoms with van der Waals surface area (Å²) in [5, 5.41) is 0. The highest BCUT2D eigenvalue weighted by molar-refractivity contribution is 6.02. The van der Waals surface area contributed by atoms with Gasteiger partial charge in [0, 0.05) is 12.7 Å². The molecule has 0 N–H and O–H groups in total. The van der Waals surface area contributed by atoms with Crippen LogP contribution in [-0.4, -0.2) is 41.0 Å². The first-order valence-corrected chi connectivity index (χ1v) is 9.23. The number of aromatic nitrogens is 1. The number of fused-ring (bicyclic) bond motifs is 1. The Balaban J connectivity index is 0.00000196. The first kappa shape index (κ1) is 24.2. The average Bonchev–Trinajstić information content (AvgIpc) is 2.65. The molecule has 2 heterocycles. The second-order valence-electron chi connectivity index (χ2n) is 7.03. The Kier molecular flexibility index (Phi) is 8.74. The van der Waals surface area contributed by atoms with Crippen molar-refractivity contribution >= 4 is 36.5 Å². The SMILES string of the molecule is CCN(CC)CC(c1ccccc1)N1C(=O)C(C)(C)Oc2cccnc21.Cl.Cl. The highest BCUT2D eigenvalue weighted by atomic mass is 35.5. The monoisotopic (exact) mass is 425 g/mol. The van der Waals surface area contributed by atoms with Gasteiger partial charge in [-0.2, -0.15) is 0 Å². The number of nitrogens with zero attached hydrogens (tertiary/aromatic N) is 3. The van der Waals surface area contributed by atoms with Crippen LogP contribution in [0.25, 0.3) is 0 Å². The van der Waals surface area contributed by atoms with Gasteiger partial charge in [0.1, 0.15) is 0 Å². The predicted octanol–water partition coefficient (Wildman–Crippen LogP) is 4.51. The number of likely N-dealkylation sites (N-methyl/N-ethyl adjacent to an activating group) is 1. The number of halogens is 2. The van der Waals surface area contributed by atoms with Crippen molar-refractivity contribution in [1.82, 2.24) is 9.88 Å². The molecule has 0 radical (unpaired) electrons. The molecule has 1 amide bonds. The summed E-state index contributed by atoms with van der Waals surface area (Å²) >= 11 is 0. The molecule has 1 aliphatic rings. The van der Waals surface area contributed by atoms with Crippen LogP contribution in [0.5, 0.6) is 5.75 Å². The number of pyridine rings is 1. The van der Waals surface area contributed by atoms with Crippen molar-refractivity contribution in [2.45, 2.75) is 39.3 Å². The van der Waals surface area contributed by atoms with Crippen molar-refractivity contribution in [3.63, 3.8) is 0 Å². The van der Waals surface area contributed by atoms with Gasteiger partial charge in [-0.1, -0.05) is 44.2 Å². The van der Waals surface area contributed by atoms with Gasteiger partial charge < -0.3 is 9.64 Å². The van der Waals surface area contributed by atoms with Crippen LogP contribution in [0.2, 0.25) is 0 Å². The highest BCUT2D eigenvalue weighted by Gasteiger charge is 2.45. The summed E-state index contributed by atoms with van der Waals surface area (Å²) in [6.07, 6.45) is 1.71. The van der Waals surface area contributed by atoms with Crippen LogP contribution in [0.4, 0.5) is 5.82 Å². The molecule has 1 atom stereocenters. The quantitative estimate of drug-likeness (QED) is 0.682. The van der Waals surface area contributed by atoms with Crippen LogP contribution in [0.1, 0.15) is 39.3 Å². The molecule has 0 bridgehead atoms. The van der Waals surface area contributed by atoms with E-state index in [1.165, 1.54) is 0 Å². The van der Waals surface area contributed by atoms with Crippen molar-refractivity contribution < 1.29 is 9.53 Å². The van der Waals surface area contributed by atoms with E-state index in [4.69, 9.17) is 4.74 Å². The molecule has 1 aliphatic heterocycles. The molecular formula is C21H29Cl2N3O2. The maximum Gasteiger partial charge on any atom is 0.272 e. The number of rotatable bonds is 6. The van der Waals surface area contributed by atoms with Crippen molar-refractivity contribution in [3.05, 3.63) is 54.2 Å². The highest BCUT2D eigenvalue weighted by Crippen LogP contribution is 2.40. The van der Waals surface area contributed by atoms with Crippen LogP contribution in [0.3, 0.4) is 0 Å². The molecule has 7 heteroatoms. The lowest BCUT2D eigenvalue weighted by Crippen LogP contribution is -2.55. The number of hydrogen-bond donors (Lipinski definition) is 0. The molecule has 1 aromatic carbocycles. The summed E-state index contributed by atoms with van der Waals surface area (Å²) in [7, 11) is 0. The van der Waals surface area contributed by atoms with E-state index in [-0.39, 0.29) is 36.8 Å². The molecule has 0 aliphatic carbocycles. The summed E-state index contributed by atoms with van der Waals surface area (Å²) in [4.78, 5) is 22.0. The topological polar surface area (TPSA) is 45.7 Å². The molecule has 154 valence electrons. The average molecular weight is 426 g/mol. The van der Waals surface area contributed by atoms with Crippen molar-refractivity contribution in [2.24, 2.45) is 0 Å². The number of ether oxygens (including phenoxy) is 1. The third-order valence-electron chi connectivity index (χ3n) is 4.90. The largest absolute Gasteiger partial charge is 0.474 e. The third-order valence-corrected chi connectivity index (χ3v) is 4.90. The lowest BCUT2D eigenvalue weighted by molar-refractivity contribution is -0.133. The smallest absolute Gasteiger partial charge is 0.272 e. The molecule has 0 fully saturated rings. The number of carbonyl (C=O) groups is 1. The van der Waals surface area contributed by atoms with Crippen LogP contribution in [-0.2, 0) is 4.79 Å². The first-order chi connectivity index (χ1) is 12.5. The van der Waals surface area contributed by atoms with Gasteiger partial charge in [0.2, 0.25) is 0 Å². The minimum Gasteiger partial charge on any atom is -0.474 e. The molecule has 3 rings (SSSR count).